The molecule has 0 unspecified atom stereocenters. The molecule has 0 spiro atoms. The van der Waals surface area contributed by atoms with Gasteiger partial charge in [0.15, 0.2) is 17.5 Å². The van der Waals surface area contributed by atoms with Crippen molar-refractivity contribution in [1.29, 1.82) is 0 Å². The lowest BCUT2D eigenvalue weighted by Crippen LogP contribution is -2.00. The van der Waals surface area contributed by atoms with Crippen molar-refractivity contribution < 1.29 is 40.4 Å². The van der Waals surface area contributed by atoms with Crippen molar-refractivity contribution in [1.82, 2.24) is 15.0 Å². The van der Waals surface area contributed by atoms with E-state index in [4.69, 9.17) is 34.9 Å². The van der Waals surface area contributed by atoms with E-state index >= 15 is 0 Å². The Bertz CT molecular complexity index is 3660. The molecular formula is C39H23N3O2. The van der Waals surface area contributed by atoms with E-state index in [1.54, 1.807) is 0 Å². The molecule has 0 saturated heterocycles. The summed E-state index contributed by atoms with van der Waals surface area (Å²) in [6.07, 6.45) is 0. The number of hydrogen-bond acceptors (Lipinski definition) is 5. The summed E-state index contributed by atoms with van der Waals surface area (Å²) in [6, 6.07) is -18.2. The lowest BCUT2D eigenvalue weighted by atomic mass is 9.98. The van der Waals surface area contributed by atoms with Crippen molar-refractivity contribution in [2.75, 3.05) is 0 Å². The standard InChI is InChI=1S/C39H23N3O2/c1-3-10-24(11-4-1)37-40-38(25-12-5-2-6-13-25)42-39(41-37)27-18-20-29-31-22-26(19-21-33(31)44-35(29)23-27)28-15-9-17-34-36(28)30-14-7-8-16-32(30)43-34/h1-23H/i1D,2D,3D,4D,5D,6D,7D,8D,9D,10D,11D,12D,13D,14D,15D,16D,17D,18D,19D,20D,21D,22D,23D. The molecule has 0 amide bonds. The van der Waals surface area contributed by atoms with Crippen LogP contribution in [0.5, 0.6) is 0 Å². The van der Waals surface area contributed by atoms with E-state index in [-0.39, 0.29) is 10.8 Å². The zero-order chi connectivity index (χ0) is 49.1. The molecule has 0 saturated carbocycles. The Morgan fingerprint density at radius 3 is 1.73 bits per heavy atom. The van der Waals surface area contributed by atoms with Gasteiger partial charge >= 0.3 is 0 Å². The van der Waals surface area contributed by atoms with Gasteiger partial charge in [-0.05, 0) is 47.4 Å². The Balaban J connectivity index is 1.40. The summed E-state index contributed by atoms with van der Waals surface area (Å²) in [7, 11) is 0. The highest BCUT2D eigenvalue weighted by Gasteiger charge is 2.16. The van der Waals surface area contributed by atoms with Gasteiger partial charge in [-0.15, -0.1) is 0 Å². The van der Waals surface area contributed by atoms with Crippen LogP contribution in [0.25, 0.3) is 89.2 Å². The molecule has 3 heterocycles. The van der Waals surface area contributed by atoms with Crippen molar-refractivity contribution in [3.63, 3.8) is 0 Å². The molecule has 0 radical (unpaired) electrons. The largest absolute Gasteiger partial charge is 0.456 e. The topological polar surface area (TPSA) is 65.0 Å². The third-order valence-corrected chi connectivity index (χ3v) is 6.51. The van der Waals surface area contributed by atoms with Crippen molar-refractivity contribution in [3.8, 4) is 45.3 Å². The quantitative estimate of drug-likeness (QED) is 0.205. The van der Waals surface area contributed by atoms with E-state index in [2.05, 4.69) is 15.0 Å². The number of aromatic nitrogens is 3. The summed E-state index contributed by atoms with van der Waals surface area (Å²) < 4.78 is 211. The molecule has 3 aromatic heterocycles. The van der Waals surface area contributed by atoms with Gasteiger partial charge in [0.1, 0.15) is 22.3 Å². The van der Waals surface area contributed by atoms with Gasteiger partial charge in [0, 0.05) is 38.2 Å². The average Bonchev–Trinajstić information content (AvgIpc) is 3.91. The lowest BCUT2D eigenvalue weighted by Gasteiger charge is -2.08. The summed E-state index contributed by atoms with van der Waals surface area (Å²) in [5, 5.41) is -1.62. The van der Waals surface area contributed by atoms with Crippen LogP contribution in [-0.4, -0.2) is 15.0 Å². The first-order valence-electron chi connectivity index (χ1n) is 24.2. The third-order valence-electron chi connectivity index (χ3n) is 6.51. The minimum absolute atomic E-state index is 0.350. The maximum Gasteiger partial charge on any atom is 0.164 e. The summed E-state index contributed by atoms with van der Waals surface area (Å²) in [4.78, 5) is 12.7. The molecular weight excluding hydrogens is 542 g/mol. The Morgan fingerprint density at radius 1 is 0.386 bits per heavy atom. The summed E-state index contributed by atoms with van der Waals surface area (Å²) in [5.74, 6) is -2.21. The van der Waals surface area contributed by atoms with Gasteiger partial charge in [0.05, 0.1) is 31.5 Å². The van der Waals surface area contributed by atoms with Crippen molar-refractivity contribution in [3.05, 3.63) is 139 Å². The third kappa shape index (κ3) is 3.98. The fourth-order valence-electron chi connectivity index (χ4n) is 4.61. The van der Waals surface area contributed by atoms with E-state index in [0.717, 1.165) is 0 Å². The predicted molar refractivity (Wildman–Crippen MR) is 176 cm³/mol. The highest BCUT2D eigenvalue weighted by atomic mass is 16.3. The fourth-order valence-corrected chi connectivity index (χ4v) is 4.61. The predicted octanol–water partition coefficient (Wildman–Crippen LogP) is 10.3. The molecule has 206 valence electrons. The molecule has 0 atom stereocenters. The first-order chi connectivity index (χ1) is 31.4. The molecule has 6 aromatic carbocycles. The second-order valence-electron chi connectivity index (χ2n) is 9.08. The molecule has 9 aromatic rings. The number of furan rings is 2. The molecule has 9 rings (SSSR count). The minimum Gasteiger partial charge on any atom is -0.456 e. The van der Waals surface area contributed by atoms with Gasteiger partial charge in [-0.3, -0.25) is 0 Å². The van der Waals surface area contributed by atoms with Crippen LogP contribution in [0, 0.1) is 0 Å². The normalized spacial score (nSPS) is 19.0. The van der Waals surface area contributed by atoms with Crippen LogP contribution < -0.4 is 0 Å². The van der Waals surface area contributed by atoms with Crippen LogP contribution in [0.3, 0.4) is 0 Å². The fraction of sp³-hybridized carbons (Fsp3) is 0. The smallest absolute Gasteiger partial charge is 0.164 e. The SMILES string of the molecule is [2H]c1c([2H])c([2H])c(-c2nc(-c3c([2H])c([2H])c([2H])c([2H])c3[2H])nc(-c3c([2H])c([2H])c4c(oc5c([2H])c([2H])c(-c6c([2H])c([2H])c([2H])c7oc8c([2H])c([2H])c([2H])c([2H])c8c67)c([2H])c54)c3[2H])n2)c([2H])c1[2H]. The molecule has 5 heteroatoms. The minimum atomic E-state index is -0.889. The Hall–Kier alpha value is -6.07. The van der Waals surface area contributed by atoms with Crippen LogP contribution >= 0.6 is 0 Å². The first-order valence-corrected chi connectivity index (χ1v) is 12.7. The maximum absolute atomic E-state index is 9.49. The molecule has 0 fully saturated rings. The van der Waals surface area contributed by atoms with Gasteiger partial charge in [0.2, 0.25) is 0 Å². The number of benzene rings is 6. The lowest BCUT2D eigenvalue weighted by molar-refractivity contribution is 0.669. The summed E-state index contributed by atoms with van der Waals surface area (Å²) >= 11 is 0. The van der Waals surface area contributed by atoms with Gasteiger partial charge in [0.25, 0.3) is 0 Å². The zero-order valence-corrected chi connectivity index (χ0v) is 21.7. The molecule has 5 nitrogen and oxygen atoms in total. The Kier molecular flexibility index (Phi) is 2.41. The zero-order valence-electron chi connectivity index (χ0n) is 44.7. The first kappa shape index (κ1) is 10.9. The highest BCUT2D eigenvalue weighted by molar-refractivity contribution is 6.14. The number of fused-ring (bicyclic) bond motifs is 6. The van der Waals surface area contributed by atoms with Crippen LogP contribution in [0.4, 0.5) is 0 Å². The van der Waals surface area contributed by atoms with E-state index in [1.165, 1.54) is 0 Å². The van der Waals surface area contributed by atoms with Crippen LogP contribution in [0.1, 0.15) is 31.5 Å². The summed E-state index contributed by atoms with van der Waals surface area (Å²) in [5.41, 5.74) is -5.21. The maximum atomic E-state index is 9.49. The second-order valence-corrected chi connectivity index (χ2v) is 9.08. The number of hydrogen-bond donors (Lipinski definition) is 0. The van der Waals surface area contributed by atoms with E-state index in [0.29, 0.717) is 0 Å². The van der Waals surface area contributed by atoms with E-state index in [9.17, 15) is 5.48 Å². The van der Waals surface area contributed by atoms with E-state index in [1.807, 2.05) is 0 Å². The number of nitrogens with zero attached hydrogens (tertiary/aromatic N) is 3. The van der Waals surface area contributed by atoms with Crippen LogP contribution in [0.2, 0.25) is 0 Å². The van der Waals surface area contributed by atoms with Crippen molar-refractivity contribution >= 4 is 43.9 Å². The molecule has 0 aliphatic carbocycles. The highest BCUT2D eigenvalue weighted by Crippen LogP contribution is 2.39. The van der Waals surface area contributed by atoms with Crippen LogP contribution in [0.15, 0.2) is 148 Å². The van der Waals surface area contributed by atoms with E-state index < -0.39 is 217 Å². The molecule has 0 aliphatic rings. The number of rotatable bonds is 4. The van der Waals surface area contributed by atoms with Crippen molar-refractivity contribution in [2.45, 2.75) is 0 Å². The Labute approximate surface area is 284 Å². The van der Waals surface area contributed by atoms with Gasteiger partial charge in [-0.1, -0.05) is 103 Å². The van der Waals surface area contributed by atoms with Gasteiger partial charge in [-0.2, -0.15) is 0 Å². The molecule has 0 bridgehead atoms. The average molecular weight is 589 g/mol. The van der Waals surface area contributed by atoms with Gasteiger partial charge < -0.3 is 8.83 Å². The molecule has 44 heavy (non-hydrogen) atoms. The second kappa shape index (κ2) is 9.75. The Morgan fingerprint density at radius 2 is 0.977 bits per heavy atom. The van der Waals surface area contributed by atoms with Crippen LogP contribution in [-0.2, 0) is 0 Å². The molecule has 0 N–H and O–H groups in total. The monoisotopic (exact) mass is 588 g/mol. The van der Waals surface area contributed by atoms with Gasteiger partial charge in [-0.25, -0.2) is 15.0 Å². The van der Waals surface area contributed by atoms with Crippen molar-refractivity contribution in [2.24, 2.45) is 0 Å². The summed E-state index contributed by atoms with van der Waals surface area (Å²) in [6.45, 7) is 0. The molecule has 0 aliphatic heterocycles. The number of para-hydroxylation sites is 1.